The summed E-state index contributed by atoms with van der Waals surface area (Å²) in [6.45, 7) is 0. The van der Waals surface area contributed by atoms with Crippen molar-refractivity contribution in [1.82, 2.24) is 0 Å². The molecule has 2 nitrogen and oxygen atoms in total. The molecule has 0 aromatic carbocycles. The molecule has 0 fully saturated rings. The van der Waals surface area contributed by atoms with Crippen molar-refractivity contribution in [3.63, 3.8) is 0 Å². The maximum atomic E-state index is 5.59. The first-order chi connectivity index (χ1) is 4.30. The van der Waals surface area contributed by atoms with Crippen molar-refractivity contribution in [2.75, 3.05) is 0 Å². The Balaban J connectivity index is 2.80. The van der Waals surface area contributed by atoms with E-state index in [9.17, 15) is 0 Å². The first-order valence-electron chi connectivity index (χ1n) is 2.63. The first kappa shape index (κ1) is 6.52. The average molecular weight is 143 g/mol. The highest BCUT2D eigenvalue weighted by Crippen LogP contribution is 1.98. The number of aliphatic imine (C=N–C) groups is 1. The van der Waals surface area contributed by atoms with Crippen LogP contribution in [0.3, 0.4) is 0 Å². The molecule has 3 heteroatoms. The summed E-state index contributed by atoms with van der Waals surface area (Å²) in [5.74, 6) is 0. The minimum absolute atomic E-state index is 0.235. The Morgan fingerprint density at radius 1 is 1.56 bits per heavy atom. The molecule has 1 heterocycles. The molecule has 0 radical (unpaired) electrons. The number of rotatable bonds is 0. The van der Waals surface area contributed by atoms with Crippen LogP contribution in [0.2, 0.25) is 0 Å². The fourth-order valence-electron chi connectivity index (χ4n) is 0.513. The van der Waals surface area contributed by atoms with Crippen LogP contribution in [0.25, 0.3) is 0 Å². The Hall–Kier alpha value is -0.600. The van der Waals surface area contributed by atoms with E-state index >= 15 is 0 Å². The van der Waals surface area contributed by atoms with E-state index in [4.69, 9.17) is 17.3 Å². The summed E-state index contributed by atoms with van der Waals surface area (Å²) in [5.41, 5.74) is 5.49. The number of nitrogens with two attached hydrogens (primary N) is 1. The lowest BCUT2D eigenvalue weighted by atomic mass is 10.3. The van der Waals surface area contributed by atoms with Crippen LogP contribution in [0.4, 0.5) is 0 Å². The summed E-state index contributed by atoms with van der Waals surface area (Å²) >= 11 is 5.59. The molecule has 2 N–H and O–H groups in total. The van der Waals surface area contributed by atoms with Crippen LogP contribution in [-0.4, -0.2) is 11.2 Å². The Kier molecular flexibility index (Phi) is 2.03. The standard InChI is InChI=1S/C6H7ClN2/c7-6-5(8)3-1-2-4-9-6/h1-5H,8H2. The zero-order valence-corrected chi connectivity index (χ0v) is 5.55. The van der Waals surface area contributed by atoms with E-state index in [2.05, 4.69) is 4.99 Å². The van der Waals surface area contributed by atoms with Gasteiger partial charge in [-0.25, -0.2) is 4.99 Å². The molecule has 48 valence electrons. The second kappa shape index (κ2) is 2.80. The first-order valence-corrected chi connectivity index (χ1v) is 3.00. The van der Waals surface area contributed by atoms with Crippen molar-refractivity contribution in [2.24, 2.45) is 10.7 Å². The molecule has 0 saturated carbocycles. The van der Waals surface area contributed by atoms with Gasteiger partial charge >= 0.3 is 0 Å². The molecule has 1 atom stereocenters. The van der Waals surface area contributed by atoms with Crippen molar-refractivity contribution in [3.05, 3.63) is 24.4 Å². The summed E-state index contributed by atoms with van der Waals surface area (Å²) < 4.78 is 0. The van der Waals surface area contributed by atoms with Crippen LogP contribution in [0, 0.1) is 0 Å². The van der Waals surface area contributed by atoms with Crippen molar-refractivity contribution in [1.29, 1.82) is 0 Å². The Bertz CT molecular complexity index is 181. The highest BCUT2D eigenvalue weighted by atomic mass is 35.5. The SMILES string of the molecule is NC1C=CC=CN=C1Cl. The van der Waals surface area contributed by atoms with E-state index in [1.165, 1.54) is 0 Å². The highest BCUT2D eigenvalue weighted by molar-refractivity contribution is 6.67. The predicted octanol–water partition coefficient (Wildman–Crippen LogP) is 1.03. The van der Waals surface area contributed by atoms with Gasteiger partial charge in [-0.1, -0.05) is 23.8 Å². The van der Waals surface area contributed by atoms with Gasteiger partial charge in [0.15, 0.2) is 0 Å². The fraction of sp³-hybridized carbons (Fsp3) is 0.167. The molecule has 0 spiro atoms. The lowest BCUT2D eigenvalue weighted by molar-refractivity contribution is 1.10. The van der Waals surface area contributed by atoms with Crippen molar-refractivity contribution in [3.8, 4) is 0 Å². The second-order valence-corrected chi connectivity index (χ2v) is 2.09. The van der Waals surface area contributed by atoms with Gasteiger partial charge < -0.3 is 5.73 Å². The number of hydrogen-bond acceptors (Lipinski definition) is 2. The van der Waals surface area contributed by atoms with Crippen LogP contribution in [-0.2, 0) is 0 Å². The number of allylic oxidation sites excluding steroid dienone is 2. The molecule has 0 aromatic rings. The largest absolute Gasteiger partial charge is 0.319 e. The summed E-state index contributed by atoms with van der Waals surface area (Å²) in [4.78, 5) is 3.82. The van der Waals surface area contributed by atoms with Gasteiger partial charge in [0, 0.05) is 6.20 Å². The van der Waals surface area contributed by atoms with Gasteiger partial charge in [0.1, 0.15) is 5.17 Å². The summed E-state index contributed by atoms with van der Waals surface area (Å²) in [6.07, 6.45) is 7.01. The molecule has 1 unspecified atom stereocenters. The quantitative estimate of drug-likeness (QED) is 0.539. The predicted molar refractivity (Wildman–Crippen MR) is 39.5 cm³/mol. The Labute approximate surface area is 58.7 Å². The van der Waals surface area contributed by atoms with Crippen LogP contribution in [0.1, 0.15) is 0 Å². The molecular formula is C6H7ClN2. The number of hydrogen-bond donors (Lipinski definition) is 1. The van der Waals surface area contributed by atoms with Crippen molar-refractivity contribution < 1.29 is 0 Å². The maximum Gasteiger partial charge on any atom is 0.126 e. The maximum absolute atomic E-state index is 5.59. The second-order valence-electron chi connectivity index (χ2n) is 1.70. The molecule has 1 rings (SSSR count). The molecule has 0 bridgehead atoms. The summed E-state index contributed by atoms with van der Waals surface area (Å²) in [6, 6.07) is -0.235. The van der Waals surface area contributed by atoms with Gasteiger partial charge in [0.2, 0.25) is 0 Å². The molecular weight excluding hydrogens is 136 g/mol. The molecule has 0 aliphatic carbocycles. The average Bonchev–Trinajstić information content (AvgIpc) is 1.99. The molecule has 1 aliphatic heterocycles. The number of nitrogens with zero attached hydrogens (tertiary/aromatic N) is 1. The van der Waals surface area contributed by atoms with Crippen molar-refractivity contribution >= 4 is 16.8 Å². The third-order valence-electron chi connectivity index (χ3n) is 0.989. The van der Waals surface area contributed by atoms with Gasteiger partial charge in [-0.15, -0.1) is 0 Å². The Morgan fingerprint density at radius 2 is 2.33 bits per heavy atom. The van der Waals surface area contributed by atoms with Gasteiger partial charge in [-0.3, -0.25) is 0 Å². The molecule has 0 saturated heterocycles. The van der Waals surface area contributed by atoms with Crippen LogP contribution < -0.4 is 5.73 Å². The molecule has 9 heavy (non-hydrogen) atoms. The topological polar surface area (TPSA) is 38.4 Å². The minimum Gasteiger partial charge on any atom is -0.319 e. The summed E-state index contributed by atoms with van der Waals surface area (Å²) in [5, 5.41) is 0.431. The smallest absolute Gasteiger partial charge is 0.126 e. The van der Waals surface area contributed by atoms with E-state index in [0.717, 1.165) is 0 Å². The number of halogens is 1. The molecule has 0 aromatic heterocycles. The van der Waals surface area contributed by atoms with Crippen LogP contribution in [0.5, 0.6) is 0 Å². The minimum atomic E-state index is -0.235. The van der Waals surface area contributed by atoms with E-state index in [1.54, 1.807) is 18.4 Å². The van der Waals surface area contributed by atoms with Gasteiger partial charge in [0.05, 0.1) is 6.04 Å². The monoisotopic (exact) mass is 142 g/mol. The zero-order valence-electron chi connectivity index (χ0n) is 4.79. The lowest BCUT2D eigenvalue weighted by Gasteiger charge is -1.98. The summed E-state index contributed by atoms with van der Waals surface area (Å²) in [7, 11) is 0. The van der Waals surface area contributed by atoms with Gasteiger partial charge in [-0.05, 0) is 6.08 Å². The van der Waals surface area contributed by atoms with E-state index in [1.807, 2.05) is 6.08 Å². The molecule has 1 aliphatic rings. The third-order valence-corrected chi connectivity index (χ3v) is 1.34. The van der Waals surface area contributed by atoms with Crippen LogP contribution >= 0.6 is 11.6 Å². The normalized spacial score (nSPS) is 25.6. The molecule has 0 amide bonds. The van der Waals surface area contributed by atoms with Gasteiger partial charge in [0.25, 0.3) is 0 Å². The zero-order chi connectivity index (χ0) is 6.69. The van der Waals surface area contributed by atoms with Gasteiger partial charge in [-0.2, -0.15) is 0 Å². The lowest BCUT2D eigenvalue weighted by Crippen LogP contribution is -2.23. The van der Waals surface area contributed by atoms with E-state index < -0.39 is 0 Å². The van der Waals surface area contributed by atoms with E-state index in [-0.39, 0.29) is 6.04 Å². The third kappa shape index (κ3) is 1.66. The van der Waals surface area contributed by atoms with E-state index in [0.29, 0.717) is 5.17 Å². The Morgan fingerprint density at radius 3 is 3.11 bits per heavy atom. The van der Waals surface area contributed by atoms with Crippen LogP contribution in [0.15, 0.2) is 29.4 Å². The van der Waals surface area contributed by atoms with Crippen molar-refractivity contribution in [2.45, 2.75) is 6.04 Å². The fourth-order valence-corrected chi connectivity index (χ4v) is 0.642. The highest BCUT2D eigenvalue weighted by Gasteiger charge is 2.02.